The van der Waals surface area contributed by atoms with Gasteiger partial charge in [-0.2, -0.15) is 0 Å². The number of oxazole rings is 1. The molecule has 5 nitrogen and oxygen atoms in total. The van der Waals surface area contributed by atoms with Gasteiger partial charge in [0.05, 0.1) is 14.2 Å². The molecule has 0 unspecified atom stereocenters. The summed E-state index contributed by atoms with van der Waals surface area (Å²) >= 11 is 0. The van der Waals surface area contributed by atoms with Gasteiger partial charge in [-0.15, -0.1) is 0 Å². The topological polar surface area (TPSA) is 57.4 Å². The van der Waals surface area contributed by atoms with Gasteiger partial charge in [-0.3, -0.25) is 0 Å². The van der Waals surface area contributed by atoms with Crippen LogP contribution < -0.4 is 9.47 Å². The summed E-state index contributed by atoms with van der Waals surface area (Å²) in [5, 5.41) is 0. The van der Waals surface area contributed by atoms with Crippen LogP contribution in [0.3, 0.4) is 0 Å². The van der Waals surface area contributed by atoms with Gasteiger partial charge in [-0.1, -0.05) is 0 Å². The van der Waals surface area contributed by atoms with Crippen molar-refractivity contribution in [3.63, 3.8) is 0 Å². The molecule has 0 aliphatic heterocycles. The van der Waals surface area contributed by atoms with Crippen molar-refractivity contribution >= 4 is 11.2 Å². The van der Waals surface area contributed by atoms with Crippen molar-refractivity contribution in [2.45, 2.75) is 6.92 Å². The van der Waals surface area contributed by atoms with E-state index in [0.717, 1.165) is 16.6 Å². The second-order valence-corrected chi connectivity index (χ2v) is 4.40. The first-order valence-electron chi connectivity index (χ1n) is 6.17. The monoisotopic (exact) mass is 270 g/mol. The average Bonchev–Trinajstić information content (AvgIpc) is 2.92. The number of hydrogen-bond donors (Lipinski definition) is 0. The second-order valence-electron chi connectivity index (χ2n) is 4.40. The first kappa shape index (κ1) is 12.5. The SMILES string of the molecule is COc1cc(OC)cc(-c2nc3c(C)ccnc3o2)c1. The van der Waals surface area contributed by atoms with E-state index in [-0.39, 0.29) is 0 Å². The Morgan fingerprint density at radius 1 is 1.05 bits per heavy atom. The van der Waals surface area contributed by atoms with Crippen molar-refractivity contribution in [1.29, 1.82) is 0 Å². The normalized spacial score (nSPS) is 10.8. The first-order valence-corrected chi connectivity index (χ1v) is 6.17. The molecule has 0 aliphatic rings. The van der Waals surface area contributed by atoms with E-state index in [1.807, 2.05) is 25.1 Å². The Morgan fingerprint density at radius 2 is 1.75 bits per heavy atom. The number of methoxy groups -OCH3 is 2. The molecule has 0 aliphatic carbocycles. The Hall–Kier alpha value is -2.56. The minimum atomic E-state index is 0.499. The zero-order valence-corrected chi connectivity index (χ0v) is 11.5. The molecule has 0 fully saturated rings. The van der Waals surface area contributed by atoms with Gasteiger partial charge in [0.15, 0.2) is 0 Å². The highest BCUT2D eigenvalue weighted by atomic mass is 16.5. The van der Waals surface area contributed by atoms with Crippen molar-refractivity contribution in [2.24, 2.45) is 0 Å². The average molecular weight is 270 g/mol. The molecule has 0 spiro atoms. The van der Waals surface area contributed by atoms with Crippen LogP contribution >= 0.6 is 0 Å². The van der Waals surface area contributed by atoms with Crippen LogP contribution in [0.5, 0.6) is 11.5 Å². The molecule has 3 aromatic rings. The second kappa shape index (κ2) is 4.85. The van der Waals surface area contributed by atoms with Crippen molar-refractivity contribution in [3.8, 4) is 23.0 Å². The molecule has 1 aromatic carbocycles. The van der Waals surface area contributed by atoms with E-state index in [0.29, 0.717) is 23.1 Å². The fourth-order valence-corrected chi connectivity index (χ4v) is 2.01. The van der Waals surface area contributed by atoms with Crippen LogP contribution in [0.4, 0.5) is 0 Å². The van der Waals surface area contributed by atoms with Crippen LogP contribution in [0.25, 0.3) is 22.7 Å². The van der Waals surface area contributed by atoms with E-state index >= 15 is 0 Å². The summed E-state index contributed by atoms with van der Waals surface area (Å²) < 4.78 is 16.2. The minimum Gasteiger partial charge on any atom is -0.497 e. The Labute approximate surface area is 116 Å². The highest BCUT2D eigenvalue weighted by molar-refractivity contribution is 5.76. The van der Waals surface area contributed by atoms with E-state index in [1.165, 1.54) is 0 Å². The number of fused-ring (bicyclic) bond motifs is 1. The number of aromatic nitrogens is 2. The third kappa shape index (κ3) is 2.07. The summed E-state index contributed by atoms with van der Waals surface area (Å²) in [5.41, 5.74) is 3.12. The standard InChI is InChI=1S/C15H14N2O3/c1-9-4-5-16-15-13(9)17-14(20-15)10-6-11(18-2)8-12(7-10)19-3/h4-8H,1-3H3. The van der Waals surface area contributed by atoms with Gasteiger partial charge < -0.3 is 13.9 Å². The minimum absolute atomic E-state index is 0.499. The molecule has 20 heavy (non-hydrogen) atoms. The van der Waals surface area contributed by atoms with E-state index in [2.05, 4.69) is 9.97 Å². The zero-order chi connectivity index (χ0) is 14.1. The number of benzene rings is 1. The predicted octanol–water partition coefficient (Wildman–Crippen LogP) is 3.22. The van der Waals surface area contributed by atoms with Gasteiger partial charge >= 0.3 is 0 Å². The highest BCUT2D eigenvalue weighted by Gasteiger charge is 2.13. The van der Waals surface area contributed by atoms with E-state index < -0.39 is 0 Å². The summed E-state index contributed by atoms with van der Waals surface area (Å²) in [6.45, 7) is 1.97. The van der Waals surface area contributed by atoms with Gasteiger partial charge in [-0.05, 0) is 30.7 Å². The number of aryl methyl sites for hydroxylation is 1. The maximum absolute atomic E-state index is 5.70. The molecule has 0 bridgehead atoms. The largest absolute Gasteiger partial charge is 0.497 e. The molecule has 3 rings (SSSR count). The lowest BCUT2D eigenvalue weighted by Crippen LogP contribution is -1.88. The van der Waals surface area contributed by atoms with Crippen LogP contribution in [0, 0.1) is 6.92 Å². The fourth-order valence-electron chi connectivity index (χ4n) is 2.01. The quantitative estimate of drug-likeness (QED) is 0.731. The van der Waals surface area contributed by atoms with Crippen LogP contribution in [0.2, 0.25) is 0 Å². The van der Waals surface area contributed by atoms with E-state index in [1.54, 1.807) is 26.5 Å². The van der Waals surface area contributed by atoms with Gasteiger partial charge in [0.1, 0.15) is 17.0 Å². The zero-order valence-electron chi connectivity index (χ0n) is 11.5. The number of pyridine rings is 1. The number of ether oxygens (including phenoxy) is 2. The smallest absolute Gasteiger partial charge is 0.247 e. The van der Waals surface area contributed by atoms with Crippen LogP contribution in [0.1, 0.15) is 5.56 Å². The summed E-state index contributed by atoms with van der Waals surface area (Å²) in [6, 6.07) is 7.40. The lowest BCUT2D eigenvalue weighted by atomic mass is 10.2. The molecule has 102 valence electrons. The van der Waals surface area contributed by atoms with Crippen molar-refractivity contribution in [1.82, 2.24) is 9.97 Å². The number of nitrogens with zero attached hydrogens (tertiary/aromatic N) is 2. The van der Waals surface area contributed by atoms with Gasteiger partial charge in [0, 0.05) is 17.8 Å². The molecular formula is C15H14N2O3. The van der Waals surface area contributed by atoms with E-state index in [9.17, 15) is 0 Å². The maximum Gasteiger partial charge on any atom is 0.247 e. The summed E-state index contributed by atoms with van der Waals surface area (Å²) in [6.07, 6.45) is 1.71. The molecule has 0 amide bonds. The van der Waals surface area contributed by atoms with Crippen LogP contribution in [-0.2, 0) is 0 Å². The Morgan fingerprint density at radius 3 is 2.35 bits per heavy atom. The fraction of sp³-hybridized carbons (Fsp3) is 0.200. The van der Waals surface area contributed by atoms with Gasteiger partial charge in [-0.25, -0.2) is 9.97 Å². The molecule has 0 N–H and O–H groups in total. The molecule has 2 heterocycles. The van der Waals surface area contributed by atoms with Crippen molar-refractivity contribution in [3.05, 3.63) is 36.0 Å². The molecule has 0 saturated heterocycles. The van der Waals surface area contributed by atoms with Gasteiger partial charge in [0.2, 0.25) is 11.6 Å². The third-order valence-corrected chi connectivity index (χ3v) is 3.10. The lowest BCUT2D eigenvalue weighted by Gasteiger charge is -2.05. The summed E-state index contributed by atoms with van der Waals surface area (Å²) in [4.78, 5) is 8.67. The Bertz CT molecular complexity index is 743. The first-order chi connectivity index (χ1) is 9.71. The van der Waals surface area contributed by atoms with Gasteiger partial charge in [0.25, 0.3) is 0 Å². The Balaban J connectivity index is 2.17. The number of rotatable bonds is 3. The molecule has 2 aromatic heterocycles. The van der Waals surface area contributed by atoms with Crippen molar-refractivity contribution < 1.29 is 13.9 Å². The maximum atomic E-state index is 5.70. The molecular weight excluding hydrogens is 256 g/mol. The number of hydrogen-bond acceptors (Lipinski definition) is 5. The van der Waals surface area contributed by atoms with Crippen LogP contribution in [-0.4, -0.2) is 24.2 Å². The summed E-state index contributed by atoms with van der Waals surface area (Å²) in [7, 11) is 3.21. The van der Waals surface area contributed by atoms with Crippen molar-refractivity contribution in [2.75, 3.05) is 14.2 Å². The third-order valence-electron chi connectivity index (χ3n) is 3.10. The van der Waals surface area contributed by atoms with Crippen LogP contribution in [0.15, 0.2) is 34.9 Å². The molecule has 0 atom stereocenters. The van der Waals surface area contributed by atoms with E-state index in [4.69, 9.17) is 13.9 Å². The molecule has 0 radical (unpaired) electrons. The molecule has 5 heteroatoms. The summed E-state index contributed by atoms with van der Waals surface area (Å²) in [5.74, 6) is 1.87. The Kier molecular flexibility index (Phi) is 3.02. The lowest BCUT2D eigenvalue weighted by molar-refractivity contribution is 0.394. The molecule has 0 saturated carbocycles. The highest BCUT2D eigenvalue weighted by Crippen LogP contribution is 2.31. The predicted molar refractivity (Wildman–Crippen MR) is 75.1 cm³/mol.